The fourth-order valence-electron chi connectivity index (χ4n) is 2.39. The van der Waals surface area contributed by atoms with Crippen molar-refractivity contribution in [2.45, 2.75) is 58.3 Å². The van der Waals surface area contributed by atoms with Gasteiger partial charge in [-0.05, 0) is 38.0 Å². The molecule has 1 heteroatoms. The number of nitrogens with zero attached hydrogens (tertiary/aromatic N) is 1. The van der Waals surface area contributed by atoms with Crippen LogP contribution < -0.4 is 0 Å². The number of allylic oxidation sites excluding steroid dienone is 2. The summed E-state index contributed by atoms with van der Waals surface area (Å²) in [7, 11) is 0. The third-order valence-corrected chi connectivity index (χ3v) is 3.40. The predicted molar refractivity (Wildman–Crippen MR) is 64.3 cm³/mol. The third-order valence-electron chi connectivity index (χ3n) is 3.40. The van der Waals surface area contributed by atoms with Crippen LogP contribution in [0.4, 0.5) is 0 Å². The Hall–Kier alpha value is -0.770. The van der Waals surface area contributed by atoms with E-state index in [1.165, 1.54) is 38.5 Å². The molecule has 2 unspecified atom stereocenters. The van der Waals surface area contributed by atoms with Gasteiger partial charge in [-0.1, -0.05) is 38.3 Å². The molecule has 0 saturated heterocycles. The lowest BCUT2D eigenvalue weighted by molar-refractivity contribution is 0.472. The van der Waals surface area contributed by atoms with Gasteiger partial charge in [-0.25, -0.2) is 0 Å². The highest BCUT2D eigenvalue weighted by Crippen LogP contribution is 2.33. The summed E-state index contributed by atoms with van der Waals surface area (Å²) in [5.41, 5.74) is 0. The van der Waals surface area contributed by atoms with Crippen molar-refractivity contribution in [3.05, 3.63) is 12.2 Å². The number of hydrogen-bond acceptors (Lipinski definition) is 1. The zero-order valence-electron chi connectivity index (χ0n) is 9.91. The Labute approximate surface area is 94.2 Å². The largest absolute Gasteiger partial charge is 0.198 e. The van der Waals surface area contributed by atoms with E-state index < -0.39 is 0 Å². The van der Waals surface area contributed by atoms with E-state index in [0.717, 1.165) is 12.8 Å². The maximum absolute atomic E-state index is 8.94. The molecule has 0 bridgehead atoms. The highest BCUT2D eigenvalue weighted by molar-refractivity contribution is 4.96. The summed E-state index contributed by atoms with van der Waals surface area (Å²) in [6.45, 7) is 2.24. The average molecular weight is 205 g/mol. The summed E-state index contributed by atoms with van der Waals surface area (Å²) >= 11 is 0. The molecule has 0 radical (unpaired) electrons. The second-order valence-corrected chi connectivity index (χ2v) is 4.63. The lowest BCUT2D eigenvalue weighted by atomic mass is 9.94. The molecular weight excluding hydrogens is 182 g/mol. The maximum Gasteiger partial charge on any atom is 0.0658 e. The number of nitriles is 1. The zero-order valence-corrected chi connectivity index (χ0v) is 9.91. The van der Waals surface area contributed by atoms with Crippen molar-refractivity contribution in [1.82, 2.24) is 0 Å². The van der Waals surface area contributed by atoms with Gasteiger partial charge in [0, 0.05) is 5.92 Å². The van der Waals surface area contributed by atoms with Gasteiger partial charge in [0.2, 0.25) is 0 Å². The van der Waals surface area contributed by atoms with Crippen LogP contribution in [0.5, 0.6) is 0 Å². The SMILES string of the molecule is CCCCC/C=C/CC1CCCC1C#N. The van der Waals surface area contributed by atoms with Gasteiger partial charge in [0.15, 0.2) is 0 Å². The molecule has 1 aliphatic carbocycles. The molecule has 1 fully saturated rings. The first-order chi connectivity index (χ1) is 7.38. The predicted octanol–water partition coefficient (Wildman–Crippen LogP) is 4.45. The number of hydrogen-bond donors (Lipinski definition) is 0. The highest BCUT2D eigenvalue weighted by Gasteiger charge is 2.25. The van der Waals surface area contributed by atoms with Crippen LogP contribution in [0.1, 0.15) is 58.3 Å². The summed E-state index contributed by atoms with van der Waals surface area (Å²) in [6.07, 6.45) is 14.6. The van der Waals surface area contributed by atoms with Crippen LogP contribution in [0.2, 0.25) is 0 Å². The van der Waals surface area contributed by atoms with Gasteiger partial charge in [-0.15, -0.1) is 0 Å². The molecule has 0 amide bonds. The fraction of sp³-hybridized carbons (Fsp3) is 0.786. The molecular formula is C14H23N. The van der Waals surface area contributed by atoms with Gasteiger partial charge in [0.1, 0.15) is 0 Å². The Morgan fingerprint density at radius 2 is 2.13 bits per heavy atom. The van der Waals surface area contributed by atoms with Crippen molar-refractivity contribution in [3.8, 4) is 6.07 Å². The molecule has 0 aliphatic heterocycles. The third kappa shape index (κ3) is 4.51. The van der Waals surface area contributed by atoms with Crippen LogP contribution in [0.25, 0.3) is 0 Å². The highest BCUT2D eigenvalue weighted by atomic mass is 14.3. The smallest absolute Gasteiger partial charge is 0.0658 e. The molecule has 1 rings (SSSR count). The zero-order chi connectivity index (χ0) is 10.9. The molecule has 0 N–H and O–H groups in total. The Kier molecular flexibility index (Phi) is 6.16. The first kappa shape index (κ1) is 12.3. The maximum atomic E-state index is 8.94. The lowest BCUT2D eigenvalue weighted by Gasteiger charge is -2.09. The Bertz CT molecular complexity index is 224. The van der Waals surface area contributed by atoms with Gasteiger partial charge in [-0.2, -0.15) is 5.26 Å². The van der Waals surface area contributed by atoms with Crippen molar-refractivity contribution >= 4 is 0 Å². The van der Waals surface area contributed by atoms with Gasteiger partial charge in [0.05, 0.1) is 6.07 Å². The van der Waals surface area contributed by atoms with Crippen molar-refractivity contribution < 1.29 is 0 Å². The molecule has 15 heavy (non-hydrogen) atoms. The van der Waals surface area contributed by atoms with Crippen molar-refractivity contribution in [3.63, 3.8) is 0 Å². The van der Waals surface area contributed by atoms with Crippen molar-refractivity contribution in [2.75, 3.05) is 0 Å². The van der Waals surface area contributed by atoms with E-state index in [4.69, 9.17) is 5.26 Å². The quantitative estimate of drug-likeness (QED) is 0.464. The Morgan fingerprint density at radius 1 is 1.27 bits per heavy atom. The van der Waals surface area contributed by atoms with E-state index in [1.54, 1.807) is 0 Å². The van der Waals surface area contributed by atoms with E-state index in [9.17, 15) is 0 Å². The lowest BCUT2D eigenvalue weighted by Crippen LogP contribution is -2.03. The summed E-state index contributed by atoms with van der Waals surface area (Å²) < 4.78 is 0. The van der Waals surface area contributed by atoms with Crippen LogP contribution in [0.15, 0.2) is 12.2 Å². The van der Waals surface area contributed by atoms with Gasteiger partial charge in [0.25, 0.3) is 0 Å². The molecule has 2 atom stereocenters. The minimum Gasteiger partial charge on any atom is -0.198 e. The molecule has 0 spiro atoms. The Morgan fingerprint density at radius 3 is 2.87 bits per heavy atom. The standard InChI is InChI=1S/C14H23N/c1-2-3-4-5-6-7-9-13-10-8-11-14(13)12-15/h6-7,13-14H,2-5,8-11H2,1H3/b7-6+. The van der Waals surface area contributed by atoms with Crippen LogP contribution in [0, 0.1) is 23.2 Å². The molecule has 0 aromatic rings. The van der Waals surface area contributed by atoms with E-state index in [2.05, 4.69) is 25.1 Å². The van der Waals surface area contributed by atoms with Crippen molar-refractivity contribution in [1.29, 1.82) is 5.26 Å². The van der Waals surface area contributed by atoms with E-state index >= 15 is 0 Å². The van der Waals surface area contributed by atoms with Crippen molar-refractivity contribution in [2.24, 2.45) is 11.8 Å². The van der Waals surface area contributed by atoms with Crippen LogP contribution in [-0.4, -0.2) is 0 Å². The van der Waals surface area contributed by atoms with Crippen LogP contribution in [-0.2, 0) is 0 Å². The van der Waals surface area contributed by atoms with Gasteiger partial charge < -0.3 is 0 Å². The average Bonchev–Trinajstić information content (AvgIpc) is 2.70. The summed E-state index contributed by atoms with van der Waals surface area (Å²) in [6, 6.07) is 2.44. The normalized spacial score (nSPS) is 25.9. The molecule has 1 saturated carbocycles. The monoisotopic (exact) mass is 205 g/mol. The van der Waals surface area contributed by atoms with Gasteiger partial charge >= 0.3 is 0 Å². The molecule has 0 heterocycles. The molecule has 0 aromatic heterocycles. The second-order valence-electron chi connectivity index (χ2n) is 4.63. The van der Waals surface area contributed by atoms with E-state index in [-0.39, 0.29) is 0 Å². The van der Waals surface area contributed by atoms with Crippen LogP contribution >= 0.6 is 0 Å². The fourth-order valence-corrected chi connectivity index (χ4v) is 2.39. The number of rotatable bonds is 6. The van der Waals surface area contributed by atoms with E-state index in [1.807, 2.05) is 0 Å². The topological polar surface area (TPSA) is 23.8 Å². The van der Waals surface area contributed by atoms with Crippen LogP contribution in [0.3, 0.4) is 0 Å². The minimum atomic E-state index is 0.338. The molecule has 0 aromatic carbocycles. The first-order valence-corrected chi connectivity index (χ1v) is 6.43. The minimum absolute atomic E-state index is 0.338. The van der Waals surface area contributed by atoms with Gasteiger partial charge in [-0.3, -0.25) is 0 Å². The summed E-state index contributed by atoms with van der Waals surface area (Å²) in [4.78, 5) is 0. The Balaban J connectivity index is 2.11. The second kappa shape index (κ2) is 7.51. The molecule has 1 nitrogen and oxygen atoms in total. The number of unbranched alkanes of at least 4 members (excludes halogenated alkanes) is 3. The summed E-state index contributed by atoms with van der Waals surface area (Å²) in [5, 5.41) is 8.94. The van der Waals surface area contributed by atoms with E-state index in [0.29, 0.717) is 11.8 Å². The summed E-state index contributed by atoms with van der Waals surface area (Å²) in [5.74, 6) is 0.989. The first-order valence-electron chi connectivity index (χ1n) is 6.43. The molecule has 1 aliphatic rings. The molecule has 84 valence electrons.